The minimum Gasteiger partial charge on any atom is -0.383 e. The molecule has 0 aromatic rings. The average molecular weight is 221 g/mol. The Morgan fingerprint density at radius 2 is 2.14 bits per heavy atom. The third-order valence-corrected chi connectivity index (χ3v) is 3.03. The van der Waals surface area contributed by atoms with Gasteiger partial charge in [-0.25, -0.2) is 0 Å². The minimum absolute atomic E-state index is 0.416. The molecular formula is C10H23NO2S. The molecule has 0 amide bonds. The van der Waals surface area contributed by atoms with E-state index >= 15 is 0 Å². The number of hydrogen-bond donors (Lipinski definition) is 1. The normalized spacial score (nSPS) is 17.7. The Balaban J connectivity index is 3.66. The quantitative estimate of drug-likeness (QED) is 0.668. The standard InChI is InChI=1S/C10H23NO2S/c1-5-10(8-13-3)11-9(2)6-7-14(4)12/h9-11H,5-8H2,1-4H3. The number of methoxy groups -OCH3 is 1. The van der Waals surface area contributed by atoms with E-state index in [2.05, 4.69) is 19.2 Å². The Bertz CT molecular complexity index is 164. The van der Waals surface area contributed by atoms with Gasteiger partial charge in [0, 0.05) is 42.0 Å². The molecule has 0 bridgehead atoms. The Morgan fingerprint density at radius 1 is 1.50 bits per heavy atom. The molecule has 0 fully saturated rings. The van der Waals surface area contributed by atoms with Gasteiger partial charge in [-0.3, -0.25) is 4.21 Å². The predicted molar refractivity (Wildman–Crippen MR) is 62.1 cm³/mol. The Labute approximate surface area is 90.1 Å². The van der Waals surface area contributed by atoms with Crippen LogP contribution in [0.4, 0.5) is 0 Å². The number of rotatable bonds is 8. The highest BCUT2D eigenvalue weighted by molar-refractivity contribution is 7.84. The summed E-state index contributed by atoms with van der Waals surface area (Å²) in [6.07, 6.45) is 3.77. The van der Waals surface area contributed by atoms with Gasteiger partial charge in [-0.05, 0) is 19.8 Å². The molecule has 1 N–H and O–H groups in total. The van der Waals surface area contributed by atoms with Crippen LogP contribution < -0.4 is 5.32 Å². The average Bonchev–Trinajstić information content (AvgIpc) is 2.14. The van der Waals surface area contributed by atoms with E-state index in [-0.39, 0.29) is 0 Å². The zero-order chi connectivity index (χ0) is 11.0. The summed E-state index contributed by atoms with van der Waals surface area (Å²) in [5.74, 6) is 0.775. The van der Waals surface area contributed by atoms with Crippen molar-refractivity contribution in [2.45, 2.75) is 38.8 Å². The molecule has 0 radical (unpaired) electrons. The van der Waals surface area contributed by atoms with Gasteiger partial charge >= 0.3 is 0 Å². The second kappa shape index (κ2) is 8.38. The van der Waals surface area contributed by atoms with Crippen LogP contribution >= 0.6 is 0 Å². The third-order valence-electron chi connectivity index (χ3n) is 2.22. The summed E-state index contributed by atoms with van der Waals surface area (Å²) in [6, 6.07) is 0.833. The van der Waals surface area contributed by atoms with Crippen LogP contribution in [0.1, 0.15) is 26.7 Å². The van der Waals surface area contributed by atoms with E-state index in [9.17, 15) is 4.21 Å². The number of nitrogens with one attached hydrogen (secondary N) is 1. The topological polar surface area (TPSA) is 38.3 Å². The second-order valence-corrected chi connectivity index (χ2v) is 5.25. The van der Waals surface area contributed by atoms with Crippen molar-refractivity contribution >= 4 is 10.8 Å². The molecule has 0 aliphatic rings. The van der Waals surface area contributed by atoms with Gasteiger partial charge in [0.15, 0.2) is 0 Å². The van der Waals surface area contributed by atoms with E-state index in [1.165, 1.54) is 0 Å². The van der Waals surface area contributed by atoms with E-state index in [1.807, 2.05) is 0 Å². The van der Waals surface area contributed by atoms with Crippen molar-refractivity contribution in [3.05, 3.63) is 0 Å². The van der Waals surface area contributed by atoms with Crippen molar-refractivity contribution in [1.82, 2.24) is 5.32 Å². The molecule has 0 spiro atoms. The summed E-state index contributed by atoms with van der Waals surface area (Å²) in [5, 5.41) is 3.46. The van der Waals surface area contributed by atoms with Crippen molar-refractivity contribution in [2.24, 2.45) is 0 Å². The number of hydrogen-bond acceptors (Lipinski definition) is 3. The molecule has 0 aromatic heterocycles. The lowest BCUT2D eigenvalue weighted by atomic mass is 10.2. The predicted octanol–water partition coefficient (Wildman–Crippen LogP) is 1.16. The van der Waals surface area contributed by atoms with Crippen LogP contribution in [-0.4, -0.2) is 42.0 Å². The van der Waals surface area contributed by atoms with Gasteiger partial charge in [0.1, 0.15) is 0 Å². The van der Waals surface area contributed by atoms with Crippen LogP contribution in [0, 0.1) is 0 Å². The third kappa shape index (κ3) is 7.47. The Hall–Kier alpha value is 0.0700. The molecule has 3 atom stereocenters. The molecule has 3 unspecified atom stereocenters. The van der Waals surface area contributed by atoms with Crippen LogP contribution in [0.3, 0.4) is 0 Å². The number of ether oxygens (including phenoxy) is 1. The largest absolute Gasteiger partial charge is 0.383 e. The van der Waals surface area contributed by atoms with Crippen LogP contribution in [0.2, 0.25) is 0 Å². The van der Waals surface area contributed by atoms with E-state index in [0.717, 1.165) is 25.2 Å². The maximum atomic E-state index is 10.9. The van der Waals surface area contributed by atoms with Gasteiger partial charge in [-0.15, -0.1) is 0 Å². The molecule has 0 heterocycles. The highest BCUT2D eigenvalue weighted by Crippen LogP contribution is 1.98. The highest BCUT2D eigenvalue weighted by atomic mass is 32.2. The summed E-state index contributed by atoms with van der Waals surface area (Å²) in [5.41, 5.74) is 0. The maximum Gasteiger partial charge on any atom is 0.0615 e. The van der Waals surface area contributed by atoms with Crippen molar-refractivity contribution in [3.8, 4) is 0 Å². The first-order chi connectivity index (χ1) is 6.60. The van der Waals surface area contributed by atoms with Gasteiger partial charge in [-0.2, -0.15) is 0 Å². The van der Waals surface area contributed by atoms with Gasteiger partial charge in [0.05, 0.1) is 6.61 Å². The summed E-state index contributed by atoms with van der Waals surface area (Å²) in [6.45, 7) is 5.02. The summed E-state index contributed by atoms with van der Waals surface area (Å²) in [7, 11) is 1.04. The smallest absolute Gasteiger partial charge is 0.0615 e. The lowest BCUT2D eigenvalue weighted by Crippen LogP contribution is -2.39. The zero-order valence-corrected chi connectivity index (χ0v) is 10.5. The van der Waals surface area contributed by atoms with Gasteiger partial charge < -0.3 is 10.1 Å². The fraction of sp³-hybridized carbons (Fsp3) is 1.00. The molecule has 0 aliphatic heterocycles. The van der Waals surface area contributed by atoms with Crippen molar-refractivity contribution in [2.75, 3.05) is 25.7 Å². The minimum atomic E-state index is -0.678. The molecular weight excluding hydrogens is 198 g/mol. The fourth-order valence-corrected chi connectivity index (χ4v) is 2.00. The summed E-state index contributed by atoms with van der Waals surface area (Å²) < 4.78 is 16.0. The second-order valence-electron chi connectivity index (χ2n) is 3.69. The first-order valence-electron chi connectivity index (χ1n) is 5.15. The van der Waals surface area contributed by atoms with Crippen LogP contribution in [0.15, 0.2) is 0 Å². The van der Waals surface area contributed by atoms with E-state index in [4.69, 9.17) is 4.74 Å². The highest BCUT2D eigenvalue weighted by Gasteiger charge is 2.09. The van der Waals surface area contributed by atoms with Crippen molar-refractivity contribution in [1.29, 1.82) is 0 Å². The fourth-order valence-electron chi connectivity index (χ4n) is 1.31. The molecule has 0 aliphatic carbocycles. The lowest BCUT2D eigenvalue weighted by Gasteiger charge is -2.21. The Kier molecular flexibility index (Phi) is 8.43. The molecule has 0 rings (SSSR count). The molecule has 0 saturated heterocycles. The molecule has 86 valence electrons. The first-order valence-corrected chi connectivity index (χ1v) is 6.87. The maximum absolute atomic E-state index is 10.9. The van der Waals surface area contributed by atoms with Crippen LogP contribution in [0.25, 0.3) is 0 Å². The van der Waals surface area contributed by atoms with E-state index in [1.54, 1.807) is 13.4 Å². The van der Waals surface area contributed by atoms with E-state index in [0.29, 0.717) is 12.1 Å². The van der Waals surface area contributed by atoms with E-state index < -0.39 is 10.8 Å². The monoisotopic (exact) mass is 221 g/mol. The summed E-state index contributed by atoms with van der Waals surface area (Å²) in [4.78, 5) is 0. The van der Waals surface area contributed by atoms with Crippen molar-refractivity contribution < 1.29 is 8.95 Å². The van der Waals surface area contributed by atoms with Gasteiger partial charge in [0.25, 0.3) is 0 Å². The SMILES string of the molecule is CCC(COC)NC(C)CCS(C)=O. The molecule has 0 saturated carbocycles. The molecule has 14 heavy (non-hydrogen) atoms. The molecule has 3 nitrogen and oxygen atoms in total. The van der Waals surface area contributed by atoms with Crippen LogP contribution in [0.5, 0.6) is 0 Å². The summed E-state index contributed by atoms with van der Waals surface area (Å²) >= 11 is 0. The van der Waals surface area contributed by atoms with Crippen molar-refractivity contribution in [3.63, 3.8) is 0 Å². The van der Waals surface area contributed by atoms with Gasteiger partial charge in [-0.1, -0.05) is 6.92 Å². The lowest BCUT2D eigenvalue weighted by molar-refractivity contribution is 0.159. The van der Waals surface area contributed by atoms with Crippen LogP contribution in [-0.2, 0) is 15.5 Å². The van der Waals surface area contributed by atoms with Gasteiger partial charge in [0.2, 0.25) is 0 Å². The molecule has 0 aromatic carbocycles. The first kappa shape index (κ1) is 14.1. The molecule has 4 heteroatoms. The zero-order valence-electron chi connectivity index (χ0n) is 9.71. The Morgan fingerprint density at radius 3 is 2.57 bits per heavy atom.